The average molecular weight is 375 g/mol. The Kier molecular flexibility index (Phi) is 5.03. The summed E-state index contributed by atoms with van der Waals surface area (Å²) < 4.78 is 2.02. The van der Waals surface area contributed by atoms with E-state index < -0.39 is 0 Å². The minimum Gasteiger partial charge on any atom is -0.352 e. The van der Waals surface area contributed by atoms with Gasteiger partial charge in [-0.05, 0) is 17.5 Å². The average Bonchev–Trinajstić information content (AvgIpc) is 3.29. The maximum Gasteiger partial charge on any atom is 0.226 e. The van der Waals surface area contributed by atoms with Crippen molar-refractivity contribution in [3.8, 4) is 11.3 Å². The molecule has 1 amide bonds. The van der Waals surface area contributed by atoms with Gasteiger partial charge >= 0.3 is 0 Å². The van der Waals surface area contributed by atoms with E-state index in [1.807, 2.05) is 46.3 Å². The summed E-state index contributed by atoms with van der Waals surface area (Å²) in [5, 5.41) is 4.99. The fourth-order valence-electron chi connectivity index (χ4n) is 3.03. The summed E-state index contributed by atoms with van der Waals surface area (Å²) in [5.41, 5.74) is 5.42. The van der Waals surface area contributed by atoms with Crippen molar-refractivity contribution in [2.45, 2.75) is 26.3 Å². The van der Waals surface area contributed by atoms with Gasteiger partial charge < -0.3 is 5.32 Å². The Morgan fingerprint density at radius 2 is 1.85 bits per heavy atom. The monoisotopic (exact) mass is 375 g/mol. The van der Waals surface area contributed by atoms with Crippen LogP contribution in [0.5, 0.6) is 0 Å². The van der Waals surface area contributed by atoms with Crippen LogP contribution < -0.4 is 5.32 Å². The lowest BCUT2D eigenvalue weighted by Crippen LogP contribution is -2.24. The normalized spacial score (nSPS) is 11.0. The Morgan fingerprint density at radius 3 is 2.59 bits per heavy atom. The number of carbonyl (C=O) groups excluding carboxylic acids is 1. The number of fused-ring (bicyclic) bond motifs is 1. The van der Waals surface area contributed by atoms with Gasteiger partial charge in [-0.25, -0.2) is 4.98 Å². The van der Waals surface area contributed by atoms with Gasteiger partial charge in [0.15, 0.2) is 4.96 Å². The molecule has 0 spiro atoms. The molecule has 4 rings (SSSR count). The van der Waals surface area contributed by atoms with Crippen LogP contribution >= 0.6 is 11.3 Å². The van der Waals surface area contributed by atoms with E-state index in [-0.39, 0.29) is 5.91 Å². The SMILES string of the molecule is CCc1ccc(-c2cn3c(CC(=O)NCc4ccccc4)csc3n2)cc1. The molecule has 27 heavy (non-hydrogen) atoms. The standard InChI is InChI=1S/C22H21N3OS/c1-2-16-8-10-18(11-9-16)20-14-25-19(15-27-22(25)24-20)12-21(26)23-13-17-6-4-3-5-7-17/h3-11,14-15H,2,12-13H2,1H3,(H,23,26). The molecular formula is C22H21N3OS. The van der Waals surface area contributed by atoms with Crippen LogP contribution in [-0.2, 0) is 24.2 Å². The second kappa shape index (κ2) is 7.76. The first-order valence-corrected chi connectivity index (χ1v) is 9.96. The van der Waals surface area contributed by atoms with E-state index in [0.29, 0.717) is 13.0 Å². The number of nitrogens with one attached hydrogen (secondary N) is 1. The molecule has 0 aliphatic carbocycles. The van der Waals surface area contributed by atoms with Crippen molar-refractivity contribution in [2.75, 3.05) is 0 Å². The molecule has 1 N–H and O–H groups in total. The minimum absolute atomic E-state index is 0.0149. The van der Waals surface area contributed by atoms with E-state index in [1.165, 1.54) is 5.56 Å². The number of amides is 1. The van der Waals surface area contributed by atoms with E-state index >= 15 is 0 Å². The predicted octanol–water partition coefficient (Wildman–Crippen LogP) is 4.48. The van der Waals surface area contributed by atoms with Crippen LogP contribution in [0.25, 0.3) is 16.2 Å². The first kappa shape index (κ1) is 17.5. The highest BCUT2D eigenvalue weighted by Crippen LogP contribution is 2.24. The molecule has 0 bridgehead atoms. The fourth-order valence-corrected chi connectivity index (χ4v) is 3.90. The summed E-state index contributed by atoms with van der Waals surface area (Å²) in [6.07, 6.45) is 3.39. The summed E-state index contributed by atoms with van der Waals surface area (Å²) in [4.78, 5) is 18.0. The van der Waals surface area contributed by atoms with E-state index in [9.17, 15) is 4.79 Å². The zero-order chi connectivity index (χ0) is 18.6. The third-order valence-electron chi connectivity index (χ3n) is 4.62. The predicted molar refractivity (Wildman–Crippen MR) is 110 cm³/mol. The number of aryl methyl sites for hydroxylation is 1. The number of benzene rings is 2. The lowest BCUT2D eigenvalue weighted by atomic mass is 10.1. The van der Waals surface area contributed by atoms with Crippen LogP contribution in [0.4, 0.5) is 0 Å². The van der Waals surface area contributed by atoms with Gasteiger partial charge in [0.25, 0.3) is 0 Å². The van der Waals surface area contributed by atoms with Crippen molar-refractivity contribution in [3.63, 3.8) is 0 Å². The van der Waals surface area contributed by atoms with Crippen molar-refractivity contribution in [1.82, 2.24) is 14.7 Å². The molecule has 0 unspecified atom stereocenters. The molecule has 0 fully saturated rings. The Hall–Kier alpha value is -2.92. The molecule has 2 aromatic carbocycles. The molecule has 0 radical (unpaired) electrons. The van der Waals surface area contributed by atoms with E-state index in [4.69, 9.17) is 4.98 Å². The molecule has 4 aromatic rings. The maximum atomic E-state index is 12.3. The second-order valence-corrected chi connectivity index (χ2v) is 7.33. The van der Waals surface area contributed by atoms with Crippen molar-refractivity contribution in [2.24, 2.45) is 0 Å². The quantitative estimate of drug-likeness (QED) is 0.540. The summed E-state index contributed by atoms with van der Waals surface area (Å²) in [5.74, 6) is 0.0149. The van der Waals surface area contributed by atoms with Crippen molar-refractivity contribution in [1.29, 1.82) is 0 Å². The van der Waals surface area contributed by atoms with E-state index in [1.54, 1.807) is 11.3 Å². The highest BCUT2D eigenvalue weighted by atomic mass is 32.1. The van der Waals surface area contributed by atoms with Crippen molar-refractivity contribution < 1.29 is 4.79 Å². The number of aromatic nitrogens is 2. The van der Waals surface area contributed by atoms with Crippen LogP contribution in [-0.4, -0.2) is 15.3 Å². The molecule has 0 saturated carbocycles. The lowest BCUT2D eigenvalue weighted by molar-refractivity contribution is -0.120. The highest BCUT2D eigenvalue weighted by molar-refractivity contribution is 7.15. The van der Waals surface area contributed by atoms with Crippen LogP contribution in [0.2, 0.25) is 0 Å². The number of hydrogen-bond donors (Lipinski definition) is 1. The molecule has 4 nitrogen and oxygen atoms in total. The smallest absolute Gasteiger partial charge is 0.226 e. The summed E-state index contributed by atoms with van der Waals surface area (Å²) in [6, 6.07) is 18.4. The molecule has 0 aliphatic rings. The van der Waals surface area contributed by atoms with E-state index in [2.05, 4.69) is 36.5 Å². The number of imidazole rings is 1. The van der Waals surface area contributed by atoms with Crippen molar-refractivity contribution >= 4 is 22.2 Å². The maximum absolute atomic E-state index is 12.3. The summed E-state index contributed by atoms with van der Waals surface area (Å²) in [7, 11) is 0. The largest absolute Gasteiger partial charge is 0.352 e. The van der Waals surface area contributed by atoms with Gasteiger partial charge in [0.1, 0.15) is 0 Å². The number of carbonyl (C=O) groups is 1. The zero-order valence-corrected chi connectivity index (χ0v) is 16.0. The van der Waals surface area contributed by atoms with Crippen LogP contribution in [0, 0.1) is 0 Å². The highest BCUT2D eigenvalue weighted by Gasteiger charge is 2.12. The fraction of sp³-hybridized carbons (Fsp3) is 0.182. The molecule has 0 saturated heterocycles. The minimum atomic E-state index is 0.0149. The molecule has 2 aromatic heterocycles. The van der Waals surface area contributed by atoms with Gasteiger partial charge in [-0.1, -0.05) is 61.5 Å². The van der Waals surface area contributed by atoms with E-state index in [0.717, 1.165) is 33.9 Å². The van der Waals surface area contributed by atoms with Crippen LogP contribution in [0.3, 0.4) is 0 Å². The van der Waals surface area contributed by atoms with Gasteiger partial charge in [-0.15, -0.1) is 11.3 Å². The Morgan fingerprint density at radius 1 is 1.07 bits per heavy atom. The molecule has 136 valence electrons. The number of thiazole rings is 1. The molecule has 0 aliphatic heterocycles. The zero-order valence-electron chi connectivity index (χ0n) is 15.2. The summed E-state index contributed by atoms with van der Waals surface area (Å²) >= 11 is 1.57. The number of hydrogen-bond acceptors (Lipinski definition) is 3. The second-order valence-electron chi connectivity index (χ2n) is 6.50. The topological polar surface area (TPSA) is 46.4 Å². The van der Waals surface area contributed by atoms with Gasteiger partial charge in [0, 0.05) is 29.4 Å². The van der Waals surface area contributed by atoms with Gasteiger partial charge in [0.2, 0.25) is 5.91 Å². The Bertz CT molecular complexity index is 1050. The molecular weight excluding hydrogens is 354 g/mol. The molecule has 2 heterocycles. The first-order chi connectivity index (χ1) is 13.2. The van der Waals surface area contributed by atoms with Crippen LogP contribution in [0.1, 0.15) is 23.7 Å². The van der Waals surface area contributed by atoms with Crippen molar-refractivity contribution in [3.05, 3.63) is 83.0 Å². The molecule has 0 atom stereocenters. The lowest BCUT2D eigenvalue weighted by Gasteiger charge is -2.05. The first-order valence-electron chi connectivity index (χ1n) is 9.08. The Labute approximate surface area is 162 Å². The van der Waals surface area contributed by atoms with Crippen LogP contribution in [0.15, 0.2) is 66.2 Å². The van der Waals surface area contributed by atoms with Gasteiger partial charge in [-0.2, -0.15) is 0 Å². The Balaban J connectivity index is 1.47. The number of rotatable bonds is 6. The third kappa shape index (κ3) is 3.93. The number of nitrogens with zero attached hydrogens (tertiary/aromatic N) is 2. The third-order valence-corrected chi connectivity index (χ3v) is 5.50. The van der Waals surface area contributed by atoms with Gasteiger partial charge in [-0.3, -0.25) is 9.20 Å². The van der Waals surface area contributed by atoms with Gasteiger partial charge in [0.05, 0.1) is 12.1 Å². The summed E-state index contributed by atoms with van der Waals surface area (Å²) in [6.45, 7) is 2.70. The molecule has 5 heteroatoms.